The molecule has 3 N–H and O–H groups in total. The summed E-state index contributed by atoms with van der Waals surface area (Å²) in [6, 6.07) is 11.9. The van der Waals surface area contributed by atoms with Gasteiger partial charge in [-0.3, -0.25) is 10.1 Å². The Morgan fingerprint density at radius 1 is 1.30 bits per heavy atom. The van der Waals surface area contributed by atoms with Gasteiger partial charge in [-0.05, 0) is 17.7 Å². The van der Waals surface area contributed by atoms with E-state index in [2.05, 4.69) is 5.32 Å². The number of methoxy groups -OCH3 is 1. The number of nitrogens with one attached hydrogen (secondary N) is 1. The highest BCUT2D eigenvalue weighted by Crippen LogP contribution is 2.29. The van der Waals surface area contributed by atoms with Crippen LogP contribution >= 0.6 is 0 Å². The van der Waals surface area contributed by atoms with Crippen molar-refractivity contribution < 1.29 is 9.66 Å². The van der Waals surface area contributed by atoms with E-state index < -0.39 is 4.92 Å². The van der Waals surface area contributed by atoms with Crippen molar-refractivity contribution in [2.24, 2.45) is 0 Å². The third-order valence-electron chi connectivity index (χ3n) is 2.92. The lowest BCUT2D eigenvalue weighted by Gasteiger charge is -2.12. The van der Waals surface area contributed by atoms with Crippen molar-refractivity contribution >= 4 is 17.1 Å². The quantitative estimate of drug-likeness (QED) is 0.496. The van der Waals surface area contributed by atoms with Gasteiger partial charge in [-0.15, -0.1) is 0 Å². The first-order valence-electron chi connectivity index (χ1n) is 6.01. The fraction of sp³-hybridized carbons (Fsp3) is 0.143. The van der Waals surface area contributed by atoms with Crippen LogP contribution in [0, 0.1) is 10.1 Å². The maximum atomic E-state index is 10.7. The summed E-state index contributed by atoms with van der Waals surface area (Å²) in [7, 11) is 1.47. The average molecular weight is 273 g/mol. The first-order chi connectivity index (χ1) is 9.61. The van der Waals surface area contributed by atoms with Gasteiger partial charge in [0.05, 0.1) is 23.8 Å². The molecule has 0 heterocycles. The predicted molar refractivity (Wildman–Crippen MR) is 77.8 cm³/mol. The summed E-state index contributed by atoms with van der Waals surface area (Å²) in [5, 5.41) is 13.9. The fourth-order valence-electron chi connectivity index (χ4n) is 1.83. The number of nitrogens with zero attached hydrogens (tertiary/aromatic N) is 1. The summed E-state index contributed by atoms with van der Waals surface area (Å²) >= 11 is 0. The first kappa shape index (κ1) is 13.7. The van der Waals surface area contributed by atoms with Gasteiger partial charge in [0.15, 0.2) is 0 Å². The molecule has 0 saturated carbocycles. The number of non-ortho nitro benzene ring substituents is 1. The molecule has 104 valence electrons. The molecule has 0 unspecified atom stereocenters. The number of ether oxygens (including phenoxy) is 1. The molecule has 0 aliphatic rings. The van der Waals surface area contributed by atoms with E-state index in [9.17, 15) is 10.1 Å². The van der Waals surface area contributed by atoms with Crippen molar-refractivity contribution in [2.45, 2.75) is 6.54 Å². The standard InChI is InChI=1S/C14H15N3O3/c1-20-14-8-11(17(18)19)6-7-13(14)16-9-10-4-2-3-5-12(10)15/h2-8,16H,9,15H2,1H3. The smallest absolute Gasteiger partial charge is 0.273 e. The zero-order valence-electron chi connectivity index (χ0n) is 11.0. The molecular weight excluding hydrogens is 258 g/mol. The number of nitro groups is 1. The zero-order chi connectivity index (χ0) is 14.5. The molecular formula is C14H15N3O3. The molecule has 2 aromatic rings. The Balaban J connectivity index is 2.17. The second-order valence-electron chi connectivity index (χ2n) is 4.19. The van der Waals surface area contributed by atoms with Crippen LogP contribution < -0.4 is 15.8 Å². The zero-order valence-corrected chi connectivity index (χ0v) is 11.0. The molecule has 0 fully saturated rings. The number of hydrogen-bond donors (Lipinski definition) is 2. The molecule has 6 nitrogen and oxygen atoms in total. The second kappa shape index (κ2) is 5.92. The van der Waals surface area contributed by atoms with Crippen molar-refractivity contribution in [3.05, 3.63) is 58.1 Å². The van der Waals surface area contributed by atoms with Crippen LogP contribution in [0.15, 0.2) is 42.5 Å². The van der Waals surface area contributed by atoms with Crippen LogP contribution in [0.2, 0.25) is 0 Å². The number of para-hydroxylation sites is 1. The number of rotatable bonds is 5. The summed E-state index contributed by atoms with van der Waals surface area (Å²) in [5.41, 5.74) is 8.18. The summed E-state index contributed by atoms with van der Waals surface area (Å²) in [5.74, 6) is 0.425. The highest BCUT2D eigenvalue weighted by molar-refractivity contribution is 5.61. The van der Waals surface area contributed by atoms with E-state index in [1.807, 2.05) is 24.3 Å². The van der Waals surface area contributed by atoms with Crippen molar-refractivity contribution in [3.63, 3.8) is 0 Å². The van der Waals surface area contributed by atoms with Crippen LogP contribution in [-0.2, 0) is 6.54 Å². The summed E-state index contributed by atoms with van der Waals surface area (Å²) in [4.78, 5) is 10.3. The van der Waals surface area contributed by atoms with Crippen LogP contribution in [0.5, 0.6) is 5.75 Å². The van der Waals surface area contributed by atoms with E-state index in [1.165, 1.54) is 19.2 Å². The number of nitro benzene ring substituents is 1. The Labute approximate surface area is 116 Å². The molecule has 0 aromatic heterocycles. The van der Waals surface area contributed by atoms with Crippen molar-refractivity contribution in [3.8, 4) is 5.75 Å². The molecule has 0 radical (unpaired) electrons. The molecule has 0 amide bonds. The Morgan fingerprint density at radius 3 is 2.70 bits per heavy atom. The molecule has 6 heteroatoms. The Morgan fingerprint density at radius 2 is 2.05 bits per heavy atom. The van der Waals surface area contributed by atoms with Gasteiger partial charge in [0.2, 0.25) is 0 Å². The van der Waals surface area contributed by atoms with Crippen LogP contribution in [-0.4, -0.2) is 12.0 Å². The molecule has 0 atom stereocenters. The fourth-order valence-corrected chi connectivity index (χ4v) is 1.83. The maximum absolute atomic E-state index is 10.7. The highest BCUT2D eigenvalue weighted by Gasteiger charge is 2.11. The van der Waals surface area contributed by atoms with Crippen molar-refractivity contribution in [2.75, 3.05) is 18.2 Å². The third kappa shape index (κ3) is 2.97. The van der Waals surface area contributed by atoms with E-state index in [0.717, 1.165) is 5.56 Å². The number of hydrogen-bond acceptors (Lipinski definition) is 5. The van der Waals surface area contributed by atoms with Crippen LogP contribution in [0.3, 0.4) is 0 Å². The van der Waals surface area contributed by atoms with E-state index in [1.54, 1.807) is 6.07 Å². The molecule has 0 aliphatic heterocycles. The molecule has 2 rings (SSSR count). The van der Waals surface area contributed by atoms with E-state index in [4.69, 9.17) is 10.5 Å². The molecule has 20 heavy (non-hydrogen) atoms. The third-order valence-corrected chi connectivity index (χ3v) is 2.92. The number of nitrogen functional groups attached to an aromatic ring is 1. The van der Waals surface area contributed by atoms with Crippen LogP contribution in [0.1, 0.15) is 5.56 Å². The molecule has 2 aromatic carbocycles. The van der Waals surface area contributed by atoms with E-state index in [0.29, 0.717) is 23.7 Å². The maximum Gasteiger partial charge on any atom is 0.273 e. The monoisotopic (exact) mass is 273 g/mol. The van der Waals surface area contributed by atoms with Gasteiger partial charge in [0.25, 0.3) is 5.69 Å². The van der Waals surface area contributed by atoms with Gasteiger partial charge in [-0.2, -0.15) is 0 Å². The average Bonchev–Trinajstić information content (AvgIpc) is 2.46. The SMILES string of the molecule is COc1cc([N+](=O)[O-])ccc1NCc1ccccc1N. The van der Waals surface area contributed by atoms with Gasteiger partial charge in [-0.25, -0.2) is 0 Å². The van der Waals surface area contributed by atoms with Gasteiger partial charge >= 0.3 is 0 Å². The van der Waals surface area contributed by atoms with E-state index in [-0.39, 0.29) is 5.69 Å². The Hall–Kier alpha value is -2.76. The summed E-state index contributed by atoms with van der Waals surface area (Å²) in [6.45, 7) is 0.515. The van der Waals surface area contributed by atoms with Crippen LogP contribution in [0.4, 0.5) is 17.1 Å². The van der Waals surface area contributed by atoms with Crippen molar-refractivity contribution in [1.29, 1.82) is 0 Å². The van der Waals surface area contributed by atoms with Gasteiger partial charge in [-0.1, -0.05) is 18.2 Å². The largest absolute Gasteiger partial charge is 0.494 e. The first-order valence-corrected chi connectivity index (χ1v) is 6.01. The molecule has 0 aliphatic carbocycles. The Kier molecular flexibility index (Phi) is 4.05. The lowest BCUT2D eigenvalue weighted by atomic mass is 10.1. The molecule has 0 spiro atoms. The lowest BCUT2D eigenvalue weighted by molar-refractivity contribution is -0.384. The number of nitrogens with two attached hydrogens (primary N) is 1. The van der Waals surface area contributed by atoms with Crippen LogP contribution in [0.25, 0.3) is 0 Å². The minimum absolute atomic E-state index is 0.00775. The summed E-state index contributed by atoms with van der Waals surface area (Å²) < 4.78 is 5.16. The van der Waals surface area contributed by atoms with E-state index >= 15 is 0 Å². The number of anilines is 2. The van der Waals surface area contributed by atoms with Gasteiger partial charge < -0.3 is 15.8 Å². The summed E-state index contributed by atoms with van der Waals surface area (Å²) in [6.07, 6.45) is 0. The molecule has 0 bridgehead atoms. The Bertz CT molecular complexity index is 629. The topological polar surface area (TPSA) is 90.4 Å². The normalized spacial score (nSPS) is 10.1. The highest BCUT2D eigenvalue weighted by atomic mass is 16.6. The minimum Gasteiger partial charge on any atom is -0.494 e. The minimum atomic E-state index is -0.457. The van der Waals surface area contributed by atoms with Gasteiger partial charge in [0.1, 0.15) is 5.75 Å². The predicted octanol–water partition coefficient (Wildman–Crippen LogP) is 2.80. The number of benzene rings is 2. The second-order valence-corrected chi connectivity index (χ2v) is 4.19. The lowest BCUT2D eigenvalue weighted by Crippen LogP contribution is -2.04. The molecule has 0 saturated heterocycles. The van der Waals surface area contributed by atoms with Crippen molar-refractivity contribution in [1.82, 2.24) is 0 Å². The van der Waals surface area contributed by atoms with Gasteiger partial charge in [0, 0.05) is 18.3 Å².